The van der Waals surface area contributed by atoms with Crippen molar-refractivity contribution in [3.63, 3.8) is 0 Å². The van der Waals surface area contributed by atoms with Crippen molar-refractivity contribution in [3.8, 4) is 0 Å². The molecule has 0 aliphatic carbocycles. The Morgan fingerprint density at radius 1 is 1.25 bits per heavy atom. The second-order valence-electron chi connectivity index (χ2n) is 6.98. The molecule has 2 fully saturated rings. The quantitative estimate of drug-likeness (QED) is 0.923. The number of benzene rings is 1. The number of nitrogens with zero attached hydrogens (tertiary/aromatic N) is 1. The zero-order valence-corrected chi connectivity index (χ0v) is 14.3. The monoisotopic (exact) mass is 331 g/mol. The van der Waals surface area contributed by atoms with Crippen molar-refractivity contribution in [2.75, 3.05) is 19.8 Å². The van der Waals surface area contributed by atoms with Crippen LogP contribution in [0.2, 0.25) is 0 Å². The van der Waals surface area contributed by atoms with Crippen LogP contribution in [0, 0.1) is 12.8 Å². The summed E-state index contributed by atoms with van der Waals surface area (Å²) in [6.45, 7) is 5.53. The third-order valence-electron chi connectivity index (χ3n) is 5.75. The fraction of sp³-hybridized carbons (Fsp3) is 0.579. The molecule has 2 atom stereocenters. The number of hydrogen-bond donors (Lipinski definition) is 1. The molecule has 3 rings (SSSR count). The summed E-state index contributed by atoms with van der Waals surface area (Å²) >= 11 is 0. The number of carbonyl (C=O) groups excluding carboxylic acids is 1. The van der Waals surface area contributed by atoms with Crippen LogP contribution in [0.4, 0.5) is 0 Å². The molecule has 0 bridgehead atoms. The van der Waals surface area contributed by atoms with Crippen LogP contribution in [0.5, 0.6) is 0 Å². The predicted octanol–water partition coefficient (Wildman–Crippen LogP) is 2.36. The minimum absolute atomic E-state index is 0.0661. The molecule has 0 radical (unpaired) electrons. The Morgan fingerprint density at radius 2 is 1.92 bits per heavy atom. The van der Waals surface area contributed by atoms with Crippen LogP contribution in [-0.2, 0) is 19.7 Å². The van der Waals surface area contributed by atoms with Gasteiger partial charge in [0.25, 0.3) is 0 Å². The van der Waals surface area contributed by atoms with Gasteiger partial charge in [0, 0.05) is 25.8 Å². The number of amides is 1. The largest absolute Gasteiger partial charge is 0.481 e. The third-order valence-corrected chi connectivity index (χ3v) is 5.75. The first-order chi connectivity index (χ1) is 11.5. The van der Waals surface area contributed by atoms with Gasteiger partial charge in [0.1, 0.15) is 0 Å². The molecule has 0 aromatic heterocycles. The third kappa shape index (κ3) is 2.71. The molecule has 1 aromatic carbocycles. The number of rotatable bonds is 3. The molecule has 2 saturated heterocycles. The summed E-state index contributed by atoms with van der Waals surface area (Å²) in [4.78, 5) is 26.7. The van der Waals surface area contributed by atoms with E-state index >= 15 is 0 Å². The molecule has 2 heterocycles. The molecule has 0 saturated carbocycles. The number of aryl methyl sites for hydroxylation is 1. The van der Waals surface area contributed by atoms with Gasteiger partial charge in [0.15, 0.2) is 0 Å². The van der Waals surface area contributed by atoms with E-state index in [-0.39, 0.29) is 11.9 Å². The zero-order chi connectivity index (χ0) is 17.3. The van der Waals surface area contributed by atoms with Crippen LogP contribution < -0.4 is 0 Å². The first-order valence-electron chi connectivity index (χ1n) is 8.65. The maximum absolute atomic E-state index is 13.5. The van der Waals surface area contributed by atoms with Gasteiger partial charge in [0.05, 0.1) is 11.3 Å². The first kappa shape index (κ1) is 17.0. The maximum atomic E-state index is 13.5. The fourth-order valence-corrected chi connectivity index (χ4v) is 4.26. The summed E-state index contributed by atoms with van der Waals surface area (Å²) in [6, 6.07) is 7.76. The second-order valence-corrected chi connectivity index (χ2v) is 6.98. The Labute approximate surface area is 142 Å². The lowest BCUT2D eigenvalue weighted by molar-refractivity contribution is -0.145. The highest BCUT2D eigenvalue weighted by molar-refractivity contribution is 5.90. The summed E-state index contributed by atoms with van der Waals surface area (Å²) in [6.07, 6.45) is 1.83. The Bertz CT molecular complexity index is 636. The van der Waals surface area contributed by atoms with Crippen molar-refractivity contribution in [3.05, 3.63) is 35.4 Å². The zero-order valence-electron chi connectivity index (χ0n) is 14.3. The van der Waals surface area contributed by atoms with E-state index in [4.69, 9.17) is 4.74 Å². The lowest BCUT2D eigenvalue weighted by Gasteiger charge is -2.41. The van der Waals surface area contributed by atoms with E-state index in [0.29, 0.717) is 39.0 Å². The number of carbonyl (C=O) groups is 2. The number of carboxylic acids is 1. The molecule has 1 N–H and O–H groups in total. The summed E-state index contributed by atoms with van der Waals surface area (Å²) in [7, 11) is 0. The minimum atomic E-state index is -0.810. The highest BCUT2D eigenvalue weighted by Crippen LogP contribution is 2.40. The molecule has 2 aliphatic heterocycles. The van der Waals surface area contributed by atoms with Crippen molar-refractivity contribution in [2.24, 2.45) is 5.92 Å². The topological polar surface area (TPSA) is 66.8 Å². The number of carboxylic acid groups (broad SMARTS) is 1. The van der Waals surface area contributed by atoms with Crippen molar-refractivity contribution >= 4 is 11.9 Å². The number of ether oxygens (including phenoxy) is 1. The molecule has 0 spiro atoms. The van der Waals surface area contributed by atoms with Gasteiger partial charge in [-0.15, -0.1) is 0 Å². The van der Waals surface area contributed by atoms with E-state index in [2.05, 4.69) is 0 Å². The lowest BCUT2D eigenvalue weighted by Crippen LogP contribution is -2.52. The van der Waals surface area contributed by atoms with Gasteiger partial charge >= 0.3 is 5.97 Å². The molecule has 1 amide bonds. The van der Waals surface area contributed by atoms with Gasteiger partial charge in [-0.3, -0.25) is 9.59 Å². The molecule has 24 heavy (non-hydrogen) atoms. The normalized spacial score (nSPS) is 26.3. The van der Waals surface area contributed by atoms with Crippen molar-refractivity contribution < 1.29 is 19.4 Å². The SMILES string of the molecule is Cc1ccccc1C1(C(=O)N2CCC(C(=O)O)C2C)CCOCC1. The average molecular weight is 331 g/mol. The Kier molecular flexibility index (Phi) is 4.63. The van der Waals surface area contributed by atoms with Crippen LogP contribution in [0.15, 0.2) is 24.3 Å². The van der Waals surface area contributed by atoms with E-state index in [9.17, 15) is 14.7 Å². The summed E-state index contributed by atoms with van der Waals surface area (Å²) in [5, 5.41) is 9.36. The van der Waals surface area contributed by atoms with Crippen LogP contribution in [-0.4, -0.2) is 47.7 Å². The van der Waals surface area contributed by atoms with Gasteiger partial charge in [0.2, 0.25) is 5.91 Å². The van der Waals surface area contributed by atoms with Gasteiger partial charge < -0.3 is 14.7 Å². The lowest BCUT2D eigenvalue weighted by atomic mass is 9.71. The molecule has 5 heteroatoms. The highest BCUT2D eigenvalue weighted by atomic mass is 16.5. The molecule has 2 aliphatic rings. The van der Waals surface area contributed by atoms with Gasteiger partial charge in [-0.2, -0.15) is 0 Å². The Balaban J connectivity index is 1.97. The van der Waals surface area contributed by atoms with Crippen molar-refractivity contribution in [1.82, 2.24) is 4.90 Å². The first-order valence-corrected chi connectivity index (χ1v) is 8.65. The van der Waals surface area contributed by atoms with E-state index in [1.165, 1.54) is 0 Å². The van der Waals surface area contributed by atoms with E-state index in [1.54, 1.807) is 4.90 Å². The summed E-state index contributed by atoms with van der Waals surface area (Å²) in [5.74, 6) is -1.21. The fourth-order valence-electron chi connectivity index (χ4n) is 4.26. The van der Waals surface area contributed by atoms with Crippen molar-refractivity contribution in [2.45, 2.75) is 44.6 Å². The van der Waals surface area contributed by atoms with Crippen LogP contribution in [0.25, 0.3) is 0 Å². The standard InChI is InChI=1S/C19H25NO4/c1-13-5-3-4-6-16(13)19(8-11-24-12-9-19)18(23)20-10-7-15(14(20)2)17(21)22/h3-6,14-15H,7-12H2,1-2H3,(H,21,22). The van der Waals surface area contributed by atoms with Crippen LogP contribution in [0.3, 0.4) is 0 Å². The van der Waals surface area contributed by atoms with E-state index < -0.39 is 17.3 Å². The summed E-state index contributed by atoms with van der Waals surface area (Å²) < 4.78 is 5.52. The van der Waals surface area contributed by atoms with Crippen molar-refractivity contribution in [1.29, 1.82) is 0 Å². The minimum Gasteiger partial charge on any atom is -0.481 e. The molecule has 5 nitrogen and oxygen atoms in total. The van der Waals surface area contributed by atoms with Crippen LogP contribution >= 0.6 is 0 Å². The Morgan fingerprint density at radius 3 is 2.50 bits per heavy atom. The highest BCUT2D eigenvalue weighted by Gasteiger charge is 2.49. The average Bonchev–Trinajstić information content (AvgIpc) is 2.97. The molecule has 2 unspecified atom stereocenters. The van der Waals surface area contributed by atoms with E-state index in [0.717, 1.165) is 11.1 Å². The molecule has 1 aromatic rings. The Hall–Kier alpha value is -1.88. The van der Waals surface area contributed by atoms with Gasteiger partial charge in [-0.1, -0.05) is 24.3 Å². The molecular weight excluding hydrogens is 306 g/mol. The number of likely N-dealkylation sites (tertiary alicyclic amines) is 1. The molecular formula is C19H25NO4. The predicted molar refractivity (Wildman–Crippen MR) is 89.8 cm³/mol. The van der Waals surface area contributed by atoms with Crippen LogP contribution in [0.1, 0.15) is 37.3 Å². The smallest absolute Gasteiger partial charge is 0.308 e. The molecule has 130 valence electrons. The van der Waals surface area contributed by atoms with Gasteiger partial charge in [-0.25, -0.2) is 0 Å². The number of aliphatic carboxylic acids is 1. The number of hydrogen-bond acceptors (Lipinski definition) is 3. The van der Waals surface area contributed by atoms with Gasteiger partial charge in [-0.05, 0) is 44.2 Å². The van der Waals surface area contributed by atoms with E-state index in [1.807, 2.05) is 38.1 Å². The maximum Gasteiger partial charge on any atom is 0.308 e. The summed E-state index contributed by atoms with van der Waals surface area (Å²) in [5.41, 5.74) is 1.57. The second kappa shape index (κ2) is 6.55.